The summed E-state index contributed by atoms with van der Waals surface area (Å²) in [5, 5.41) is 11.7. The molecule has 6 heteroatoms. The summed E-state index contributed by atoms with van der Waals surface area (Å²) in [5.74, 6) is -0.138. The number of primary amides is 1. The number of anilines is 1. The summed E-state index contributed by atoms with van der Waals surface area (Å²) in [7, 11) is 0. The number of halogens is 1. The molecule has 1 amide bonds. The molecule has 5 nitrogen and oxygen atoms in total. The van der Waals surface area contributed by atoms with Crippen molar-refractivity contribution in [2.24, 2.45) is 5.73 Å². The smallest absolute Gasteiger partial charge is 0.249 e. The molecule has 0 atom stereocenters. The fraction of sp³-hybridized carbons (Fsp3) is 0.190. The summed E-state index contributed by atoms with van der Waals surface area (Å²) in [6.07, 6.45) is 0. The number of carbonyl (C=O) groups is 1. The number of carbonyl (C=O) groups excluding carboxylic acids is 1. The van der Waals surface area contributed by atoms with Crippen molar-refractivity contribution in [2.75, 3.05) is 11.9 Å². The van der Waals surface area contributed by atoms with Gasteiger partial charge >= 0.3 is 0 Å². The molecule has 138 valence electrons. The number of hydrogen-bond donors (Lipinski definition) is 2. The Kier molecular flexibility index (Phi) is 5.16. The van der Waals surface area contributed by atoms with Crippen LogP contribution in [0.15, 0.2) is 60.7 Å². The van der Waals surface area contributed by atoms with E-state index in [2.05, 4.69) is 29.4 Å². The number of nitrogens with zero attached hydrogens (tertiary/aromatic N) is 2. The van der Waals surface area contributed by atoms with Crippen molar-refractivity contribution in [3.05, 3.63) is 77.6 Å². The van der Waals surface area contributed by atoms with Gasteiger partial charge in [0, 0.05) is 23.1 Å². The lowest BCUT2D eigenvalue weighted by Crippen LogP contribution is -2.28. The number of benzene rings is 2. The van der Waals surface area contributed by atoms with Crippen molar-refractivity contribution in [2.45, 2.75) is 19.3 Å². The van der Waals surface area contributed by atoms with Crippen LogP contribution in [0.2, 0.25) is 0 Å². The number of rotatable bonds is 6. The van der Waals surface area contributed by atoms with Crippen molar-refractivity contribution in [3.63, 3.8) is 0 Å². The highest BCUT2D eigenvalue weighted by Gasteiger charge is 2.20. The molecule has 1 heterocycles. The number of nitrogens with one attached hydrogen (secondary N) is 1. The van der Waals surface area contributed by atoms with E-state index in [1.165, 1.54) is 12.1 Å². The molecule has 1 aromatic heterocycles. The third-order valence-corrected chi connectivity index (χ3v) is 4.47. The van der Waals surface area contributed by atoms with Gasteiger partial charge in [-0.05, 0) is 35.9 Å². The van der Waals surface area contributed by atoms with Crippen LogP contribution in [0.25, 0.3) is 11.3 Å². The molecule has 0 aliphatic heterocycles. The Hall–Kier alpha value is -3.28. The topological polar surface area (TPSA) is 80.9 Å². The van der Waals surface area contributed by atoms with E-state index in [-0.39, 0.29) is 11.2 Å². The van der Waals surface area contributed by atoms with Gasteiger partial charge in [-0.1, -0.05) is 44.2 Å². The summed E-state index contributed by atoms with van der Waals surface area (Å²) < 4.78 is 13.1. The second-order valence-corrected chi connectivity index (χ2v) is 6.96. The fourth-order valence-corrected chi connectivity index (χ4v) is 2.81. The molecule has 2 aromatic carbocycles. The van der Waals surface area contributed by atoms with Crippen LogP contribution in [0, 0.1) is 5.82 Å². The quantitative estimate of drug-likeness (QED) is 0.698. The van der Waals surface area contributed by atoms with Crippen LogP contribution in [0.1, 0.15) is 29.8 Å². The second kappa shape index (κ2) is 7.53. The monoisotopic (exact) mass is 364 g/mol. The van der Waals surface area contributed by atoms with Crippen LogP contribution in [0.5, 0.6) is 0 Å². The molecule has 0 saturated heterocycles. The summed E-state index contributed by atoms with van der Waals surface area (Å²) in [6, 6.07) is 17.1. The molecule has 0 unspecified atom stereocenters. The van der Waals surface area contributed by atoms with Gasteiger partial charge < -0.3 is 11.1 Å². The minimum atomic E-state index is -0.504. The Bertz CT molecular complexity index is 937. The Balaban J connectivity index is 1.73. The first-order chi connectivity index (χ1) is 12.9. The van der Waals surface area contributed by atoms with Gasteiger partial charge in [0.2, 0.25) is 5.91 Å². The predicted molar refractivity (Wildman–Crippen MR) is 104 cm³/mol. The van der Waals surface area contributed by atoms with Crippen LogP contribution in [0.3, 0.4) is 0 Å². The Morgan fingerprint density at radius 1 is 1.04 bits per heavy atom. The molecule has 0 bridgehead atoms. The first-order valence-electron chi connectivity index (χ1n) is 8.60. The van der Waals surface area contributed by atoms with E-state index in [0.29, 0.717) is 29.2 Å². The van der Waals surface area contributed by atoms with Gasteiger partial charge in [-0.25, -0.2) is 4.39 Å². The zero-order valence-corrected chi connectivity index (χ0v) is 15.2. The Labute approximate surface area is 157 Å². The van der Waals surface area contributed by atoms with Gasteiger partial charge in [0.25, 0.3) is 0 Å². The van der Waals surface area contributed by atoms with Crippen LogP contribution in [-0.4, -0.2) is 22.6 Å². The Morgan fingerprint density at radius 2 is 1.74 bits per heavy atom. The highest BCUT2D eigenvalue weighted by molar-refractivity contribution is 5.99. The maximum atomic E-state index is 13.1. The third-order valence-electron chi connectivity index (χ3n) is 4.47. The van der Waals surface area contributed by atoms with Gasteiger partial charge in [-0.3, -0.25) is 4.79 Å². The lowest BCUT2D eigenvalue weighted by molar-refractivity contribution is 0.100. The van der Waals surface area contributed by atoms with E-state index >= 15 is 0 Å². The van der Waals surface area contributed by atoms with E-state index < -0.39 is 5.91 Å². The number of nitrogens with two attached hydrogens (primary N) is 1. The molecule has 0 aliphatic carbocycles. The molecule has 0 saturated carbocycles. The normalized spacial score (nSPS) is 11.2. The molecule has 3 N–H and O–H groups in total. The van der Waals surface area contributed by atoms with Crippen molar-refractivity contribution >= 4 is 11.7 Å². The predicted octanol–water partition coefficient (Wildman–Crippen LogP) is 3.77. The molecule has 0 radical (unpaired) electrons. The summed E-state index contributed by atoms with van der Waals surface area (Å²) in [5.41, 5.74) is 7.86. The molecule has 0 fully saturated rings. The zero-order chi connectivity index (χ0) is 19.4. The average Bonchev–Trinajstić information content (AvgIpc) is 2.67. The molecule has 3 rings (SSSR count). The fourth-order valence-electron chi connectivity index (χ4n) is 2.81. The maximum Gasteiger partial charge on any atom is 0.249 e. The van der Waals surface area contributed by atoms with Crippen molar-refractivity contribution in [1.29, 1.82) is 0 Å². The highest BCUT2D eigenvalue weighted by Crippen LogP contribution is 2.25. The van der Waals surface area contributed by atoms with Crippen molar-refractivity contribution in [1.82, 2.24) is 10.2 Å². The third kappa shape index (κ3) is 4.28. The van der Waals surface area contributed by atoms with E-state index in [1.807, 2.05) is 6.07 Å². The Morgan fingerprint density at radius 3 is 2.37 bits per heavy atom. The number of hydrogen-bond acceptors (Lipinski definition) is 4. The average molecular weight is 364 g/mol. The molecule has 27 heavy (non-hydrogen) atoms. The maximum absolute atomic E-state index is 13.1. The minimum Gasteiger partial charge on any atom is -0.368 e. The number of aromatic nitrogens is 2. The largest absolute Gasteiger partial charge is 0.368 e. The SMILES string of the molecule is CC(C)(CNc1ccc(-c2ccccc2C(N)=O)nn1)c1ccc(F)cc1. The van der Waals surface area contributed by atoms with E-state index in [0.717, 1.165) is 5.56 Å². The first-order valence-corrected chi connectivity index (χ1v) is 8.60. The van der Waals surface area contributed by atoms with Gasteiger partial charge in [0.15, 0.2) is 0 Å². The van der Waals surface area contributed by atoms with Crippen molar-refractivity contribution < 1.29 is 9.18 Å². The molecule has 0 aliphatic rings. The van der Waals surface area contributed by atoms with E-state index in [1.54, 1.807) is 42.5 Å². The zero-order valence-electron chi connectivity index (χ0n) is 15.2. The van der Waals surface area contributed by atoms with Crippen LogP contribution < -0.4 is 11.1 Å². The summed E-state index contributed by atoms with van der Waals surface area (Å²) >= 11 is 0. The van der Waals surface area contributed by atoms with Gasteiger partial charge in [-0.15, -0.1) is 10.2 Å². The lowest BCUT2D eigenvalue weighted by Gasteiger charge is -2.25. The van der Waals surface area contributed by atoms with E-state index in [9.17, 15) is 9.18 Å². The standard InChI is InChI=1S/C21H21FN4O/c1-21(2,14-7-9-15(22)10-8-14)13-24-19-12-11-18(25-26-19)16-5-3-4-6-17(16)20(23)27/h3-12H,13H2,1-2H3,(H2,23,27)(H,24,26). The molecule has 3 aromatic rings. The lowest BCUT2D eigenvalue weighted by atomic mass is 9.84. The van der Waals surface area contributed by atoms with Crippen molar-refractivity contribution in [3.8, 4) is 11.3 Å². The van der Waals surface area contributed by atoms with E-state index in [4.69, 9.17) is 5.73 Å². The highest BCUT2D eigenvalue weighted by atomic mass is 19.1. The van der Waals surface area contributed by atoms with Gasteiger partial charge in [0.05, 0.1) is 5.69 Å². The van der Waals surface area contributed by atoms with Gasteiger partial charge in [-0.2, -0.15) is 0 Å². The number of amides is 1. The van der Waals surface area contributed by atoms with Crippen LogP contribution >= 0.6 is 0 Å². The van der Waals surface area contributed by atoms with Crippen LogP contribution in [0.4, 0.5) is 10.2 Å². The minimum absolute atomic E-state index is 0.216. The van der Waals surface area contributed by atoms with Crippen LogP contribution in [-0.2, 0) is 5.41 Å². The first kappa shape index (κ1) is 18.5. The molecule has 0 spiro atoms. The second-order valence-electron chi connectivity index (χ2n) is 6.96. The molecular weight excluding hydrogens is 343 g/mol. The molecular formula is C21H21FN4O. The summed E-state index contributed by atoms with van der Waals surface area (Å²) in [4.78, 5) is 11.6. The van der Waals surface area contributed by atoms with Gasteiger partial charge in [0.1, 0.15) is 11.6 Å². The summed E-state index contributed by atoms with van der Waals surface area (Å²) in [6.45, 7) is 4.74.